The summed E-state index contributed by atoms with van der Waals surface area (Å²) in [5.74, 6) is -0.175. The summed E-state index contributed by atoms with van der Waals surface area (Å²) in [4.78, 5) is 12.4. The summed E-state index contributed by atoms with van der Waals surface area (Å²) in [6.45, 7) is 9.59. The first-order valence-electron chi connectivity index (χ1n) is 18.9. The number of nitrogens with zero attached hydrogens (tertiary/aromatic N) is 3. The zero-order chi connectivity index (χ0) is 45.6. The number of hydrogen-bond acceptors (Lipinski definition) is 15. The highest BCUT2D eigenvalue weighted by Crippen LogP contribution is 2.37. The van der Waals surface area contributed by atoms with Gasteiger partial charge in [-0.05, 0) is 178 Å². The number of sulfone groups is 3. The Kier molecular flexibility index (Phi) is 11.7. The molecule has 0 saturated carbocycles. The molecule has 0 aliphatic rings. The van der Waals surface area contributed by atoms with E-state index >= 15 is 0 Å². The van der Waals surface area contributed by atoms with Gasteiger partial charge in [-0.2, -0.15) is 0 Å². The maximum absolute atomic E-state index is 14.0. The maximum Gasteiger partial charge on any atom is 0.331 e. The Hall–Kier alpha value is -7.02. The molecule has 15 nitrogen and oxygen atoms in total. The molecule has 7 aromatic rings. The minimum absolute atomic E-state index is 0.00353. The van der Waals surface area contributed by atoms with E-state index in [9.17, 15) is 40.6 Å². The van der Waals surface area contributed by atoms with Crippen LogP contribution in [0.25, 0.3) is 0 Å². The van der Waals surface area contributed by atoms with Crippen LogP contribution in [0.3, 0.4) is 0 Å². The van der Waals surface area contributed by atoms with E-state index in [1.54, 1.807) is 47.6 Å². The number of phenols is 3. The lowest BCUT2D eigenvalue weighted by Crippen LogP contribution is -2.07. The fourth-order valence-electron chi connectivity index (χ4n) is 6.47. The van der Waals surface area contributed by atoms with E-state index < -0.39 is 47.5 Å². The number of benzene rings is 6. The van der Waals surface area contributed by atoms with Crippen molar-refractivity contribution in [1.82, 2.24) is 15.0 Å². The Morgan fingerprint density at radius 3 is 1.35 bits per heavy atom. The van der Waals surface area contributed by atoms with Gasteiger partial charge in [0.25, 0.3) is 0 Å². The summed E-state index contributed by atoms with van der Waals surface area (Å²) in [7, 11) is -12.3. The second-order valence-electron chi connectivity index (χ2n) is 14.7. The summed E-state index contributed by atoms with van der Waals surface area (Å²) in [6.07, 6.45) is 0. The number of rotatable bonds is 12. The Bertz CT molecular complexity index is 3320. The van der Waals surface area contributed by atoms with Crippen LogP contribution >= 0.6 is 0 Å². The van der Waals surface area contributed by atoms with Crippen LogP contribution in [0.1, 0.15) is 33.4 Å². The van der Waals surface area contributed by atoms with E-state index in [0.29, 0.717) is 33.4 Å². The quantitative estimate of drug-likeness (QED) is 0.104. The van der Waals surface area contributed by atoms with Gasteiger partial charge < -0.3 is 29.5 Å². The van der Waals surface area contributed by atoms with Gasteiger partial charge in [0.1, 0.15) is 39.4 Å². The molecule has 0 saturated heterocycles. The predicted molar refractivity (Wildman–Crippen MR) is 228 cm³/mol. The molecule has 18 heteroatoms. The van der Waals surface area contributed by atoms with Crippen LogP contribution in [0.4, 0.5) is 0 Å². The van der Waals surface area contributed by atoms with Crippen molar-refractivity contribution in [3.8, 4) is 52.5 Å². The third-order valence-electron chi connectivity index (χ3n) is 9.87. The van der Waals surface area contributed by atoms with Crippen molar-refractivity contribution in [3.63, 3.8) is 0 Å². The molecule has 0 aliphatic carbocycles. The molecule has 0 radical (unpaired) electrons. The summed E-state index contributed by atoms with van der Waals surface area (Å²) >= 11 is 0. The molecule has 0 amide bonds. The number of ether oxygens (including phenoxy) is 3. The molecular weight excluding hydrogens is 871 g/mol. The van der Waals surface area contributed by atoms with Crippen LogP contribution in [0.5, 0.6) is 52.5 Å². The molecule has 0 fully saturated rings. The van der Waals surface area contributed by atoms with Gasteiger partial charge in [0.15, 0.2) is 0 Å². The van der Waals surface area contributed by atoms with Gasteiger partial charge >= 0.3 is 18.0 Å². The third kappa shape index (κ3) is 9.00. The molecule has 0 atom stereocenters. The van der Waals surface area contributed by atoms with E-state index in [0.717, 1.165) is 0 Å². The number of hydrogen-bond donors (Lipinski definition) is 3. The Labute approximate surface area is 363 Å². The molecule has 63 heavy (non-hydrogen) atoms. The van der Waals surface area contributed by atoms with Gasteiger partial charge in [-0.25, -0.2) is 25.3 Å². The molecule has 0 spiro atoms. The lowest BCUT2D eigenvalue weighted by molar-refractivity contribution is 0.358. The molecule has 1 heterocycles. The Morgan fingerprint density at radius 2 is 0.841 bits per heavy atom. The van der Waals surface area contributed by atoms with E-state index in [1.165, 1.54) is 103 Å². The van der Waals surface area contributed by atoms with Crippen molar-refractivity contribution in [2.45, 2.75) is 70.9 Å². The average Bonchev–Trinajstić information content (AvgIpc) is 3.20. The highest BCUT2D eigenvalue weighted by atomic mass is 32.2. The number of phenolic OH excluding ortho intramolecular Hbond substituents is 3. The monoisotopic (exact) mass is 909 g/mol. The van der Waals surface area contributed by atoms with E-state index in [1.807, 2.05) is 0 Å². The minimum atomic E-state index is -4.25. The SMILES string of the molecule is Cc1ccc(S(=O)(=O)c2ccc(O)c(C)c2)c(Oc2nc(Oc3ccc(S(=O)(=O)c4ccc(O)c(C)c4)c(C)c3)nc(Oc3ccc(S(=O)(=O)c4ccc(O)cc4C)cc3C)n2)c1. The topological polar surface area (TPSA) is 229 Å². The van der Waals surface area contributed by atoms with Crippen LogP contribution in [0.15, 0.2) is 139 Å². The van der Waals surface area contributed by atoms with Crippen LogP contribution in [0.2, 0.25) is 0 Å². The normalized spacial score (nSPS) is 11.9. The van der Waals surface area contributed by atoms with Crippen LogP contribution in [0, 0.1) is 41.5 Å². The summed E-state index contributed by atoms with van der Waals surface area (Å²) in [5, 5.41) is 29.8. The smallest absolute Gasteiger partial charge is 0.331 e. The summed E-state index contributed by atoms with van der Waals surface area (Å²) in [5.41, 5.74) is 2.33. The standard InChI is InChI=1S/C45H39N3O12S3/c1-25-7-16-42(63(56,57)34-11-14-37(51)27(3)23-34)39(19-25)60-45-47-43(58-32-9-18-41(30(6)21-32)61(52,53)33-10-13-36(50)26(2)22-33)46-44(48-45)59-38-15-12-35(24-28(38)4)62(54,55)40-17-8-31(49)20-29(40)5/h7-24,49-51H,1-6H3. The zero-order valence-corrected chi connectivity index (χ0v) is 36.9. The molecule has 0 bridgehead atoms. The first kappa shape index (κ1) is 44.0. The second-order valence-corrected chi connectivity index (χ2v) is 20.4. The fraction of sp³-hybridized carbons (Fsp3) is 0.133. The Balaban J connectivity index is 1.27. The van der Waals surface area contributed by atoms with Crippen molar-refractivity contribution in [3.05, 3.63) is 143 Å². The molecule has 0 unspecified atom stereocenters. The minimum Gasteiger partial charge on any atom is -0.508 e. The lowest BCUT2D eigenvalue weighted by Gasteiger charge is -2.15. The first-order chi connectivity index (χ1) is 29.6. The third-order valence-corrected chi connectivity index (χ3v) is 15.5. The first-order valence-corrected chi connectivity index (χ1v) is 23.3. The van der Waals surface area contributed by atoms with Crippen molar-refractivity contribution in [2.75, 3.05) is 0 Å². The van der Waals surface area contributed by atoms with Gasteiger partial charge in [0, 0.05) is 0 Å². The number of aromatic nitrogens is 3. The molecule has 1 aromatic heterocycles. The van der Waals surface area contributed by atoms with Gasteiger partial charge in [0.2, 0.25) is 29.5 Å². The Morgan fingerprint density at radius 1 is 0.397 bits per heavy atom. The zero-order valence-electron chi connectivity index (χ0n) is 34.5. The highest BCUT2D eigenvalue weighted by Gasteiger charge is 2.27. The lowest BCUT2D eigenvalue weighted by atomic mass is 10.2. The maximum atomic E-state index is 14.0. The van der Waals surface area contributed by atoms with Crippen LogP contribution in [-0.4, -0.2) is 55.5 Å². The summed E-state index contributed by atoms with van der Waals surface area (Å²) < 4.78 is 100. The van der Waals surface area contributed by atoms with Crippen molar-refractivity contribution >= 4 is 29.5 Å². The second kappa shape index (κ2) is 16.7. The predicted octanol–water partition coefficient (Wildman–Crippen LogP) is 8.71. The molecule has 7 rings (SSSR count). The van der Waals surface area contributed by atoms with Crippen molar-refractivity contribution < 1.29 is 54.8 Å². The largest absolute Gasteiger partial charge is 0.508 e. The van der Waals surface area contributed by atoms with Gasteiger partial charge in [0.05, 0.1) is 24.5 Å². The van der Waals surface area contributed by atoms with Gasteiger partial charge in [-0.3, -0.25) is 0 Å². The number of aryl methyl sites for hydroxylation is 6. The van der Waals surface area contributed by atoms with E-state index in [4.69, 9.17) is 14.2 Å². The fourth-order valence-corrected chi connectivity index (χ4v) is 11.0. The van der Waals surface area contributed by atoms with Crippen molar-refractivity contribution in [1.29, 1.82) is 0 Å². The molecular formula is C45H39N3O12S3. The molecule has 324 valence electrons. The molecule has 3 N–H and O–H groups in total. The summed E-state index contributed by atoms with van der Waals surface area (Å²) in [6, 6.07) is 23.1. The van der Waals surface area contributed by atoms with Crippen molar-refractivity contribution in [2.24, 2.45) is 0 Å². The number of aromatic hydroxyl groups is 3. The van der Waals surface area contributed by atoms with Gasteiger partial charge in [-0.1, -0.05) is 6.07 Å². The van der Waals surface area contributed by atoms with Gasteiger partial charge in [-0.15, -0.1) is 15.0 Å². The van der Waals surface area contributed by atoms with Crippen LogP contribution in [-0.2, 0) is 29.5 Å². The highest BCUT2D eigenvalue weighted by molar-refractivity contribution is 7.92. The average molecular weight is 910 g/mol. The van der Waals surface area contributed by atoms with E-state index in [-0.39, 0.29) is 63.9 Å². The molecule has 0 aliphatic heterocycles. The van der Waals surface area contributed by atoms with E-state index in [2.05, 4.69) is 15.0 Å². The molecule has 6 aromatic carbocycles. The van der Waals surface area contributed by atoms with Crippen LogP contribution < -0.4 is 14.2 Å².